The van der Waals surface area contributed by atoms with E-state index in [0.717, 1.165) is 28.5 Å². The summed E-state index contributed by atoms with van der Waals surface area (Å²) in [5.74, 6) is 0.0439. The first-order chi connectivity index (χ1) is 14.1. The molecule has 1 aromatic carbocycles. The Bertz CT molecular complexity index is 1260. The quantitative estimate of drug-likeness (QED) is 0.518. The van der Waals surface area contributed by atoms with E-state index in [-0.39, 0.29) is 12.2 Å². The number of rotatable bonds is 5. The fourth-order valence-electron chi connectivity index (χ4n) is 3.45. The van der Waals surface area contributed by atoms with Gasteiger partial charge in [-0.1, -0.05) is 0 Å². The Morgan fingerprint density at radius 2 is 2.03 bits per heavy atom. The minimum atomic E-state index is -0.397. The van der Waals surface area contributed by atoms with Gasteiger partial charge in [0, 0.05) is 29.0 Å². The zero-order chi connectivity index (χ0) is 20.0. The molecule has 6 nitrogen and oxygen atoms in total. The monoisotopic (exact) mass is 390 g/mol. The van der Waals surface area contributed by atoms with Gasteiger partial charge >= 0.3 is 0 Å². The van der Waals surface area contributed by atoms with Crippen molar-refractivity contribution in [2.45, 2.75) is 32.4 Å². The molecule has 3 aromatic heterocycles. The first kappa shape index (κ1) is 17.6. The number of pyridine rings is 2. The number of aromatic nitrogens is 4. The summed E-state index contributed by atoms with van der Waals surface area (Å²) in [7, 11) is 0. The number of benzene rings is 1. The van der Waals surface area contributed by atoms with Gasteiger partial charge in [0.05, 0.1) is 23.4 Å². The molecule has 4 aromatic rings. The Morgan fingerprint density at radius 1 is 1.17 bits per heavy atom. The number of fused-ring (bicyclic) bond motifs is 1. The first-order valence-electron chi connectivity index (χ1n) is 9.54. The molecule has 146 valence electrons. The van der Waals surface area contributed by atoms with Crippen molar-refractivity contribution in [1.29, 1.82) is 0 Å². The lowest BCUT2D eigenvalue weighted by Gasteiger charge is -2.09. The van der Waals surface area contributed by atoms with Crippen LogP contribution in [0.3, 0.4) is 0 Å². The van der Waals surface area contributed by atoms with E-state index in [2.05, 4.69) is 21.7 Å². The Morgan fingerprint density at radius 3 is 2.76 bits per heavy atom. The predicted molar refractivity (Wildman–Crippen MR) is 107 cm³/mol. The summed E-state index contributed by atoms with van der Waals surface area (Å²) in [4.78, 5) is 16.6. The zero-order valence-electron chi connectivity index (χ0n) is 15.9. The second kappa shape index (κ2) is 6.84. The summed E-state index contributed by atoms with van der Waals surface area (Å²) in [5, 5.41) is 5.74. The number of hydrogen-bond donors (Lipinski definition) is 0. The number of halogens is 1. The third-order valence-corrected chi connectivity index (χ3v) is 5.17. The third-order valence-electron chi connectivity index (χ3n) is 5.17. The van der Waals surface area contributed by atoms with Gasteiger partial charge in [0.15, 0.2) is 0 Å². The molecule has 1 fully saturated rings. The van der Waals surface area contributed by atoms with E-state index >= 15 is 0 Å². The molecule has 1 aliphatic rings. The number of hydrogen-bond acceptors (Lipinski definition) is 4. The van der Waals surface area contributed by atoms with E-state index in [1.807, 2.05) is 18.2 Å². The molecule has 0 saturated heterocycles. The van der Waals surface area contributed by atoms with Gasteiger partial charge in [-0.15, -0.1) is 0 Å². The van der Waals surface area contributed by atoms with Gasteiger partial charge in [-0.3, -0.25) is 19.0 Å². The molecule has 0 aliphatic heterocycles. The van der Waals surface area contributed by atoms with E-state index < -0.39 is 5.82 Å². The minimum Gasteiger partial charge on any atom is -0.487 e. The highest BCUT2D eigenvalue weighted by atomic mass is 19.1. The maximum atomic E-state index is 12.9. The summed E-state index contributed by atoms with van der Waals surface area (Å²) >= 11 is 0. The lowest BCUT2D eigenvalue weighted by atomic mass is 10.2. The molecule has 3 heterocycles. The van der Waals surface area contributed by atoms with Crippen LogP contribution in [-0.4, -0.2) is 19.3 Å². The van der Waals surface area contributed by atoms with Crippen molar-refractivity contribution in [3.05, 3.63) is 82.4 Å². The molecule has 0 N–H and O–H groups in total. The Hall–Kier alpha value is -3.48. The van der Waals surface area contributed by atoms with Crippen LogP contribution in [0.5, 0.6) is 5.75 Å². The summed E-state index contributed by atoms with van der Waals surface area (Å²) in [6, 6.07) is 12.4. The van der Waals surface area contributed by atoms with Crippen molar-refractivity contribution < 1.29 is 9.13 Å². The van der Waals surface area contributed by atoms with E-state index in [1.54, 1.807) is 22.9 Å². The Kier molecular flexibility index (Phi) is 4.16. The fraction of sp³-hybridized carbons (Fsp3) is 0.227. The summed E-state index contributed by atoms with van der Waals surface area (Å²) in [6.07, 6.45) is 5.18. The van der Waals surface area contributed by atoms with Crippen LogP contribution >= 0.6 is 0 Å². The highest BCUT2D eigenvalue weighted by Crippen LogP contribution is 2.37. The second-order valence-electron chi connectivity index (χ2n) is 7.29. The van der Waals surface area contributed by atoms with Crippen LogP contribution in [0.1, 0.15) is 30.3 Å². The zero-order valence-corrected chi connectivity index (χ0v) is 15.9. The van der Waals surface area contributed by atoms with E-state index in [0.29, 0.717) is 17.5 Å². The van der Waals surface area contributed by atoms with Gasteiger partial charge in [-0.2, -0.15) is 5.10 Å². The van der Waals surface area contributed by atoms with Crippen LogP contribution in [0.2, 0.25) is 0 Å². The van der Waals surface area contributed by atoms with Gasteiger partial charge in [-0.25, -0.2) is 4.39 Å². The smallest absolute Gasteiger partial charge is 0.258 e. The van der Waals surface area contributed by atoms with Crippen LogP contribution < -0.4 is 10.3 Å². The fourth-order valence-corrected chi connectivity index (χ4v) is 3.45. The molecule has 0 spiro atoms. The molecule has 1 saturated carbocycles. The van der Waals surface area contributed by atoms with Gasteiger partial charge < -0.3 is 4.74 Å². The SMILES string of the molecule is Cc1c2cc(-n3ccc(OCc4ccc(F)cn4)cc3=O)ccc2nn1C1CC1. The van der Waals surface area contributed by atoms with Crippen molar-refractivity contribution in [3.8, 4) is 11.4 Å². The van der Waals surface area contributed by atoms with E-state index in [1.165, 1.54) is 25.0 Å². The van der Waals surface area contributed by atoms with Gasteiger partial charge in [0.2, 0.25) is 0 Å². The molecule has 7 heteroatoms. The molecular formula is C22H19FN4O2. The lowest BCUT2D eigenvalue weighted by molar-refractivity contribution is 0.300. The normalized spacial score (nSPS) is 13.7. The lowest BCUT2D eigenvalue weighted by Crippen LogP contribution is -2.16. The van der Waals surface area contributed by atoms with Gasteiger partial charge in [0.25, 0.3) is 5.56 Å². The van der Waals surface area contributed by atoms with Gasteiger partial charge in [-0.05, 0) is 56.2 Å². The maximum Gasteiger partial charge on any atom is 0.258 e. The molecule has 0 bridgehead atoms. The van der Waals surface area contributed by atoms with Crippen LogP contribution in [0.4, 0.5) is 4.39 Å². The number of ether oxygens (including phenoxy) is 1. The van der Waals surface area contributed by atoms with Crippen LogP contribution in [0, 0.1) is 12.7 Å². The van der Waals surface area contributed by atoms with E-state index in [4.69, 9.17) is 4.74 Å². The minimum absolute atomic E-state index is 0.162. The highest BCUT2D eigenvalue weighted by Gasteiger charge is 2.26. The first-order valence-corrected chi connectivity index (χ1v) is 9.54. The van der Waals surface area contributed by atoms with Crippen molar-refractivity contribution >= 4 is 10.9 Å². The molecule has 1 aliphatic carbocycles. The maximum absolute atomic E-state index is 12.9. The summed E-state index contributed by atoms with van der Waals surface area (Å²) in [6.45, 7) is 2.23. The Labute approximate surface area is 166 Å². The van der Waals surface area contributed by atoms with Crippen LogP contribution in [-0.2, 0) is 6.61 Å². The van der Waals surface area contributed by atoms with Crippen molar-refractivity contribution in [3.63, 3.8) is 0 Å². The predicted octanol–water partition coefficient (Wildman–Crippen LogP) is 3.94. The Balaban J connectivity index is 1.40. The molecule has 29 heavy (non-hydrogen) atoms. The highest BCUT2D eigenvalue weighted by molar-refractivity contribution is 5.83. The van der Waals surface area contributed by atoms with Crippen LogP contribution in [0.15, 0.2) is 59.7 Å². The molecular weight excluding hydrogens is 371 g/mol. The topological polar surface area (TPSA) is 61.9 Å². The molecule has 0 amide bonds. The van der Waals surface area contributed by atoms with Gasteiger partial charge in [0.1, 0.15) is 18.2 Å². The molecule has 0 unspecified atom stereocenters. The second-order valence-corrected chi connectivity index (χ2v) is 7.29. The summed E-state index contributed by atoms with van der Waals surface area (Å²) < 4.78 is 22.2. The molecule has 5 rings (SSSR count). The van der Waals surface area contributed by atoms with E-state index in [9.17, 15) is 9.18 Å². The third kappa shape index (κ3) is 3.40. The van der Waals surface area contributed by atoms with Crippen molar-refractivity contribution in [2.75, 3.05) is 0 Å². The molecule has 0 atom stereocenters. The number of aryl methyl sites for hydroxylation is 1. The van der Waals surface area contributed by atoms with Crippen molar-refractivity contribution in [1.82, 2.24) is 19.3 Å². The average molecular weight is 390 g/mol. The standard InChI is InChI=1S/C22H19FN4O2/c1-14-20-10-18(6-7-21(20)25-27(14)17-4-5-17)26-9-8-19(11-22(26)28)29-13-16-3-2-15(23)12-24-16/h2-3,6-12,17H,4-5,13H2,1H3. The molecule has 0 radical (unpaired) electrons. The largest absolute Gasteiger partial charge is 0.487 e. The number of nitrogens with zero attached hydrogens (tertiary/aromatic N) is 4. The summed E-state index contributed by atoms with van der Waals surface area (Å²) in [5.41, 5.74) is 3.25. The van der Waals surface area contributed by atoms with Crippen molar-refractivity contribution in [2.24, 2.45) is 0 Å². The average Bonchev–Trinajstić information content (AvgIpc) is 3.52. The van der Waals surface area contributed by atoms with Crippen LogP contribution in [0.25, 0.3) is 16.6 Å².